The van der Waals surface area contributed by atoms with E-state index in [4.69, 9.17) is 5.84 Å². The molecule has 29 heavy (non-hydrogen) atoms. The number of anilines is 2. The summed E-state index contributed by atoms with van der Waals surface area (Å²) < 4.78 is 15.0. The van der Waals surface area contributed by atoms with Crippen molar-refractivity contribution in [2.45, 2.75) is 31.2 Å². The van der Waals surface area contributed by atoms with E-state index in [9.17, 15) is 24.5 Å². The Morgan fingerprint density at radius 2 is 1.93 bits per heavy atom. The SMILES string of the molecule is NNC(O)CN1CCN(c2cc3c(cc2F)C(O)C(C(=O)O)=CN3C2CC2)CC1. The number of nitrogens with two attached hydrogens (primary N) is 1. The number of rotatable bonds is 6. The summed E-state index contributed by atoms with van der Waals surface area (Å²) in [7, 11) is 0. The van der Waals surface area contributed by atoms with Crippen LogP contribution in [0, 0.1) is 5.82 Å². The van der Waals surface area contributed by atoms with E-state index in [1.165, 1.54) is 12.3 Å². The van der Waals surface area contributed by atoms with Gasteiger partial charge in [-0.25, -0.2) is 14.6 Å². The predicted molar refractivity (Wildman–Crippen MR) is 105 cm³/mol. The third-order valence-corrected chi connectivity index (χ3v) is 5.77. The van der Waals surface area contributed by atoms with Crippen LogP contribution in [0.2, 0.25) is 0 Å². The fraction of sp³-hybridized carbons (Fsp3) is 0.526. The fourth-order valence-corrected chi connectivity index (χ4v) is 4.00. The lowest BCUT2D eigenvalue weighted by atomic mass is 9.95. The Morgan fingerprint density at radius 1 is 1.24 bits per heavy atom. The number of halogens is 1. The number of nitrogens with zero attached hydrogens (tertiary/aromatic N) is 3. The molecule has 0 radical (unpaired) electrons. The monoisotopic (exact) mass is 407 g/mol. The van der Waals surface area contributed by atoms with E-state index >= 15 is 0 Å². The molecule has 4 rings (SSSR count). The van der Waals surface area contributed by atoms with Crippen LogP contribution in [0.15, 0.2) is 23.9 Å². The Bertz CT molecular complexity index is 823. The lowest BCUT2D eigenvalue weighted by Gasteiger charge is -2.38. The second kappa shape index (κ2) is 7.88. The van der Waals surface area contributed by atoms with Gasteiger partial charge in [0, 0.05) is 56.2 Å². The molecule has 0 bridgehead atoms. The number of β-amino-alcohol motifs (C(OH)–C–C–N with tert-alkyl or cyclic N) is 1. The number of carboxylic acids is 1. The topological polar surface area (TPSA) is 126 Å². The molecule has 1 aromatic rings. The van der Waals surface area contributed by atoms with Crippen LogP contribution in [0.3, 0.4) is 0 Å². The number of aliphatic carboxylic acids is 1. The predicted octanol–water partition coefficient (Wildman–Crippen LogP) is -0.286. The quantitative estimate of drug-likeness (QED) is 0.246. The molecule has 2 fully saturated rings. The molecular weight excluding hydrogens is 381 g/mol. The number of hydrogen-bond acceptors (Lipinski definition) is 8. The van der Waals surface area contributed by atoms with Gasteiger partial charge in [-0.1, -0.05) is 0 Å². The van der Waals surface area contributed by atoms with Crippen molar-refractivity contribution in [2.75, 3.05) is 42.5 Å². The summed E-state index contributed by atoms with van der Waals surface area (Å²) in [4.78, 5) is 17.3. The molecule has 10 heteroatoms. The molecule has 6 N–H and O–H groups in total. The molecule has 1 saturated heterocycles. The Hall–Kier alpha value is -2.24. The van der Waals surface area contributed by atoms with Crippen LogP contribution >= 0.6 is 0 Å². The van der Waals surface area contributed by atoms with Crippen molar-refractivity contribution in [1.82, 2.24) is 10.3 Å². The summed E-state index contributed by atoms with van der Waals surface area (Å²) in [5.74, 6) is 3.53. The highest BCUT2D eigenvalue weighted by Gasteiger charge is 2.38. The largest absolute Gasteiger partial charge is 0.478 e. The summed E-state index contributed by atoms with van der Waals surface area (Å²) in [6.45, 7) is 2.84. The molecule has 1 saturated carbocycles. The summed E-state index contributed by atoms with van der Waals surface area (Å²) in [6, 6.07) is 3.15. The third kappa shape index (κ3) is 3.94. The number of aliphatic hydroxyl groups is 2. The van der Waals surface area contributed by atoms with Gasteiger partial charge in [-0.15, -0.1) is 0 Å². The molecule has 2 atom stereocenters. The second-order valence-corrected chi connectivity index (χ2v) is 7.76. The molecule has 3 aliphatic rings. The van der Waals surface area contributed by atoms with Crippen LogP contribution < -0.4 is 21.1 Å². The van der Waals surface area contributed by atoms with E-state index in [-0.39, 0.29) is 17.2 Å². The maximum atomic E-state index is 15.0. The number of aliphatic hydroxyl groups excluding tert-OH is 2. The number of hydrazine groups is 1. The number of piperazine rings is 1. The van der Waals surface area contributed by atoms with Crippen LogP contribution in [-0.2, 0) is 4.79 Å². The minimum Gasteiger partial charge on any atom is -0.478 e. The smallest absolute Gasteiger partial charge is 0.336 e. The lowest BCUT2D eigenvalue weighted by molar-refractivity contribution is -0.133. The molecule has 9 nitrogen and oxygen atoms in total. The van der Waals surface area contributed by atoms with E-state index in [0.717, 1.165) is 12.8 Å². The van der Waals surface area contributed by atoms with E-state index in [0.29, 0.717) is 44.1 Å². The van der Waals surface area contributed by atoms with Crippen molar-refractivity contribution < 1.29 is 24.5 Å². The first-order valence-corrected chi connectivity index (χ1v) is 9.75. The van der Waals surface area contributed by atoms with Gasteiger partial charge in [0.2, 0.25) is 0 Å². The number of carbonyl (C=O) groups is 1. The van der Waals surface area contributed by atoms with E-state index < -0.39 is 24.1 Å². The van der Waals surface area contributed by atoms with Crippen molar-refractivity contribution in [3.63, 3.8) is 0 Å². The van der Waals surface area contributed by atoms with Gasteiger partial charge in [-0.05, 0) is 25.0 Å². The van der Waals surface area contributed by atoms with Gasteiger partial charge >= 0.3 is 5.97 Å². The Labute approximate surface area is 167 Å². The number of nitrogens with one attached hydrogen (secondary N) is 1. The van der Waals surface area contributed by atoms with Crippen LogP contribution in [0.1, 0.15) is 24.5 Å². The average Bonchev–Trinajstić information content (AvgIpc) is 3.54. The highest BCUT2D eigenvalue weighted by Crippen LogP contribution is 2.44. The number of hydrogen-bond donors (Lipinski definition) is 5. The highest BCUT2D eigenvalue weighted by atomic mass is 19.1. The van der Waals surface area contributed by atoms with Gasteiger partial charge in [0.15, 0.2) is 0 Å². The van der Waals surface area contributed by atoms with Crippen LogP contribution in [-0.4, -0.2) is 71.2 Å². The fourth-order valence-electron chi connectivity index (χ4n) is 4.00. The Morgan fingerprint density at radius 3 is 2.52 bits per heavy atom. The van der Waals surface area contributed by atoms with Crippen molar-refractivity contribution >= 4 is 17.3 Å². The molecule has 2 unspecified atom stereocenters. The normalized spacial score (nSPS) is 23.6. The first kappa shape index (κ1) is 20.0. The van der Waals surface area contributed by atoms with Crippen molar-refractivity contribution in [3.05, 3.63) is 35.3 Å². The Balaban J connectivity index is 1.58. The minimum absolute atomic E-state index is 0.141. The zero-order valence-corrected chi connectivity index (χ0v) is 16.0. The van der Waals surface area contributed by atoms with E-state index in [2.05, 4.69) is 5.43 Å². The van der Waals surface area contributed by atoms with Gasteiger partial charge < -0.3 is 25.1 Å². The second-order valence-electron chi connectivity index (χ2n) is 7.76. The van der Waals surface area contributed by atoms with Crippen LogP contribution in [0.5, 0.6) is 0 Å². The highest BCUT2D eigenvalue weighted by molar-refractivity contribution is 5.91. The maximum Gasteiger partial charge on any atom is 0.336 e. The van der Waals surface area contributed by atoms with E-state index in [1.807, 2.05) is 14.7 Å². The van der Waals surface area contributed by atoms with Crippen LogP contribution in [0.25, 0.3) is 0 Å². The zero-order chi connectivity index (χ0) is 20.7. The van der Waals surface area contributed by atoms with E-state index in [1.54, 1.807) is 6.07 Å². The maximum absolute atomic E-state index is 15.0. The van der Waals surface area contributed by atoms with Gasteiger partial charge in [0.25, 0.3) is 0 Å². The van der Waals surface area contributed by atoms with Crippen molar-refractivity contribution in [3.8, 4) is 0 Å². The molecule has 0 amide bonds. The molecule has 2 aliphatic heterocycles. The van der Waals surface area contributed by atoms with Gasteiger partial charge in [0.1, 0.15) is 18.1 Å². The molecule has 0 spiro atoms. The summed E-state index contributed by atoms with van der Waals surface area (Å²) in [5.41, 5.74) is 3.54. The molecule has 158 valence electrons. The summed E-state index contributed by atoms with van der Waals surface area (Å²) >= 11 is 0. The Kier molecular flexibility index (Phi) is 5.45. The van der Waals surface area contributed by atoms with Crippen molar-refractivity contribution in [2.24, 2.45) is 5.84 Å². The van der Waals surface area contributed by atoms with Crippen LogP contribution in [0.4, 0.5) is 15.8 Å². The average molecular weight is 407 g/mol. The van der Waals surface area contributed by atoms with Gasteiger partial charge in [-0.2, -0.15) is 0 Å². The molecule has 0 aromatic heterocycles. The summed E-state index contributed by atoms with van der Waals surface area (Å²) in [5, 5.41) is 29.5. The number of carboxylic acid groups (broad SMARTS) is 1. The molecular formula is C19H26FN5O4. The standard InChI is InChI=1S/C19H26FN5O4/c20-14-7-12-15(25(11-1-2-11)9-13(18(12)27)19(28)29)8-16(14)24-5-3-23(4-6-24)10-17(26)22-21/h7-9,11,17-18,22,26-27H,1-6,10,21H2,(H,28,29). The van der Waals surface area contributed by atoms with Crippen molar-refractivity contribution in [1.29, 1.82) is 0 Å². The third-order valence-electron chi connectivity index (χ3n) is 5.77. The number of fused-ring (bicyclic) bond motifs is 1. The molecule has 1 aromatic carbocycles. The molecule has 2 heterocycles. The first-order valence-electron chi connectivity index (χ1n) is 9.75. The molecule has 1 aliphatic carbocycles. The summed E-state index contributed by atoms with van der Waals surface area (Å²) in [6.07, 6.45) is 1.17. The zero-order valence-electron chi connectivity index (χ0n) is 16.0. The van der Waals surface area contributed by atoms with Gasteiger partial charge in [0.05, 0.1) is 11.3 Å². The number of benzene rings is 1. The first-order chi connectivity index (χ1) is 13.9. The minimum atomic E-state index is -1.36. The lowest BCUT2D eigenvalue weighted by Crippen LogP contribution is -2.52. The van der Waals surface area contributed by atoms with Gasteiger partial charge in [-0.3, -0.25) is 10.7 Å².